The van der Waals surface area contributed by atoms with E-state index in [1.165, 1.54) is 16.0 Å². The van der Waals surface area contributed by atoms with E-state index >= 15 is 0 Å². The number of benzene rings is 3. The van der Waals surface area contributed by atoms with E-state index in [0.29, 0.717) is 28.4 Å². The number of Topliss-reactive ketones (excluding diaryl/α,β-unsaturated/α-hetero) is 1. The molecule has 5 rings (SSSR count). The highest BCUT2D eigenvalue weighted by Crippen LogP contribution is 2.40. The van der Waals surface area contributed by atoms with Gasteiger partial charge in [0, 0.05) is 5.56 Å². The Bertz CT molecular complexity index is 1360. The van der Waals surface area contributed by atoms with Gasteiger partial charge in [0.25, 0.3) is 11.7 Å². The largest absolute Gasteiger partial charge is 0.507 e. The highest BCUT2D eigenvalue weighted by Gasteiger charge is 2.46. The number of ketones is 1. The predicted octanol–water partition coefficient (Wildman–Crippen LogP) is 5.08. The van der Waals surface area contributed by atoms with Crippen LogP contribution in [0.3, 0.4) is 0 Å². The van der Waals surface area contributed by atoms with Crippen molar-refractivity contribution in [2.45, 2.75) is 31.7 Å². The Morgan fingerprint density at radius 1 is 0.842 bits per heavy atom. The molecule has 0 bridgehead atoms. The maximum absolute atomic E-state index is 13.3. The zero-order valence-corrected chi connectivity index (χ0v) is 21.6. The van der Waals surface area contributed by atoms with Crippen molar-refractivity contribution in [1.29, 1.82) is 0 Å². The van der Waals surface area contributed by atoms with Gasteiger partial charge < -0.3 is 24.2 Å². The molecule has 3 aromatic carbocycles. The monoisotopic (exact) mass is 513 g/mol. The Hall–Kier alpha value is -4.26. The van der Waals surface area contributed by atoms with E-state index in [9.17, 15) is 14.7 Å². The lowest BCUT2D eigenvalue weighted by molar-refractivity contribution is -0.140. The fourth-order valence-electron chi connectivity index (χ4n) is 5.21. The van der Waals surface area contributed by atoms with Crippen LogP contribution in [0.4, 0.5) is 0 Å². The third-order valence-electron chi connectivity index (χ3n) is 7.25. The van der Waals surface area contributed by atoms with Crippen LogP contribution in [-0.4, -0.2) is 49.1 Å². The Balaban J connectivity index is 1.48. The van der Waals surface area contributed by atoms with E-state index in [-0.39, 0.29) is 24.5 Å². The minimum Gasteiger partial charge on any atom is -0.507 e. The molecule has 1 heterocycles. The first-order chi connectivity index (χ1) is 18.5. The molecule has 38 heavy (non-hydrogen) atoms. The van der Waals surface area contributed by atoms with Gasteiger partial charge in [0.2, 0.25) is 0 Å². The van der Waals surface area contributed by atoms with E-state index in [1.807, 2.05) is 30.3 Å². The van der Waals surface area contributed by atoms with Gasteiger partial charge in [-0.1, -0.05) is 24.3 Å². The highest BCUT2D eigenvalue weighted by atomic mass is 16.5. The first-order valence-electron chi connectivity index (χ1n) is 12.8. The fraction of sp³-hybridized carbons (Fsp3) is 0.290. The molecule has 1 aliphatic carbocycles. The molecule has 3 aromatic rings. The molecule has 1 fully saturated rings. The number of aryl methyl sites for hydroxylation is 2. The van der Waals surface area contributed by atoms with Gasteiger partial charge in [-0.05, 0) is 84.8 Å². The number of likely N-dealkylation sites (tertiary alicyclic amines) is 1. The predicted molar refractivity (Wildman–Crippen MR) is 144 cm³/mol. The molecule has 7 heteroatoms. The molecule has 1 atom stereocenters. The van der Waals surface area contributed by atoms with Crippen LogP contribution in [0.15, 0.2) is 72.3 Å². The van der Waals surface area contributed by atoms with Crippen LogP contribution in [-0.2, 0) is 22.4 Å². The molecule has 1 unspecified atom stereocenters. The minimum atomic E-state index is -0.753. The lowest BCUT2D eigenvalue weighted by atomic mass is 9.88. The van der Waals surface area contributed by atoms with E-state index < -0.39 is 17.7 Å². The van der Waals surface area contributed by atoms with E-state index in [4.69, 9.17) is 14.2 Å². The Morgan fingerprint density at radius 2 is 1.45 bits per heavy atom. The standard InChI is InChI=1S/C31H31NO6/c1-36-24-11-9-21(10-12-24)28-27(29(33)23-8-7-20-5-3-4-6-22(20)19-23)30(34)31(35)32(28)17-18-38-26-15-13-25(37-2)14-16-26/h7-16,19,28,33H,3-6,17-18H2,1-2H3/b29-27-. The summed E-state index contributed by atoms with van der Waals surface area (Å²) in [6, 6.07) is 19.4. The molecule has 7 nitrogen and oxygen atoms in total. The zero-order valence-electron chi connectivity index (χ0n) is 21.6. The zero-order chi connectivity index (χ0) is 26.6. The van der Waals surface area contributed by atoms with Crippen molar-refractivity contribution in [3.05, 3.63) is 94.6 Å². The van der Waals surface area contributed by atoms with E-state index in [0.717, 1.165) is 25.7 Å². The second-order valence-corrected chi connectivity index (χ2v) is 9.48. The average molecular weight is 514 g/mol. The highest BCUT2D eigenvalue weighted by molar-refractivity contribution is 6.46. The van der Waals surface area contributed by atoms with Gasteiger partial charge >= 0.3 is 0 Å². The van der Waals surface area contributed by atoms with Gasteiger partial charge in [0.05, 0.1) is 32.4 Å². The Morgan fingerprint density at radius 3 is 2.11 bits per heavy atom. The van der Waals surface area contributed by atoms with Gasteiger partial charge in [0.15, 0.2) is 0 Å². The van der Waals surface area contributed by atoms with Gasteiger partial charge in [-0.15, -0.1) is 0 Å². The Kier molecular flexibility index (Phi) is 7.36. The number of methoxy groups -OCH3 is 2. The molecule has 1 aliphatic heterocycles. The molecule has 1 N–H and O–H groups in total. The van der Waals surface area contributed by atoms with Crippen molar-refractivity contribution < 1.29 is 28.9 Å². The molecule has 1 amide bonds. The number of amides is 1. The molecule has 0 saturated carbocycles. The second-order valence-electron chi connectivity index (χ2n) is 9.48. The first-order valence-corrected chi connectivity index (χ1v) is 12.8. The fourth-order valence-corrected chi connectivity index (χ4v) is 5.21. The number of nitrogens with zero attached hydrogens (tertiary/aromatic N) is 1. The maximum Gasteiger partial charge on any atom is 0.295 e. The number of hydrogen-bond donors (Lipinski definition) is 1. The van der Waals surface area contributed by atoms with E-state index in [1.54, 1.807) is 50.6 Å². The van der Waals surface area contributed by atoms with Crippen molar-refractivity contribution in [2.24, 2.45) is 0 Å². The molecule has 196 valence electrons. The summed E-state index contributed by atoms with van der Waals surface area (Å²) in [5, 5.41) is 11.4. The molecule has 0 spiro atoms. The molecule has 1 saturated heterocycles. The van der Waals surface area contributed by atoms with Crippen molar-refractivity contribution in [1.82, 2.24) is 4.90 Å². The van der Waals surface area contributed by atoms with Crippen LogP contribution in [0, 0.1) is 0 Å². The summed E-state index contributed by atoms with van der Waals surface area (Å²) in [4.78, 5) is 28.1. The smallest absolute Gasteiger partial charge is 0.295 e. The summed E-state index contributed by atoms with van der Waals surface area (Å²) in [6.45, 7) is 0.332. The molecule has 2 aliphatic rings. The topological polar surface area (TPSA) is 85.3 Å². The third-order valence-corrected chi connectivity index (χ3v) is 7.25. The summed E-state index contributed by atoms with van der Waals surface area (Å²) in [5.41, 5.74) is 3.80. The maximum atomic E-state index is 13.3. The van der Waals surface area contributed by atoms with Crippen molar-refractivity contribution in [3.8, 4) is 17.2 Å². The summed E-state index contributed by atoms with van der Waals surface area (Å²) in [6.07, 6.45) is 4.21. The summed E-state index contributed by atoms with van der Waals surface area (Å²) in [7, 11) is 3.17. The number of fused-ring (bicyclic) bond motifs is 1. The third kappa shape index (κ3) is 4.96. The summed E-state index contributed by atoms with van der Waals surface area (Å²) < 4.78 is 16.3. The van der Waals surface area contributed by atoms with Crippen molar-refractivity contribution >= 4 is 17.4 Å². The number of hydrogen-bond acceptors (Lipinski definition) is 6. The van der Waals surface area contributed by atoms with E-state index in [2.05, 4.69) is 0 Å². The average Bonchev–Trinajstić information content (AvgIpc) is 3.22. The van der Waals surface area contributed by atoms with Gasteiger partial charge in [-0.25, -0.2) is 0 Å². The SMILES string of the molecule is COc1ccc(OCCN2C(=O)C(=O)/C(=C(\O)c3ccc4c(c3)CCCC4)C2c2ccc(OC)cc2)cc1. The van der Waals surface area contributed by atoms with Gasteiger partial charge in [-0.2, -0.15) is 0 Å². The van der Waals surface area contributed by atoms with Crippen molar-refractivity contribution in [3.63, 3.8) is 0 Å². The molecular weight excluding hydrogens is 482 g/mol. The lowest BCUT2D eigenvalue weighted by Crippen LogP contribution is -2.33. The van der Waals surface area contributed by atoms with Crippen LogP contribution >= 0.6 is 0 Å². The lowest BCUT2D eigenvalue weighted by Gasteiger charge is -2.25. The summed E-state index contributed by atoms with van der Waals surface area (Å²) in [5.74, 6) is 0.468. The number of carbonyl (C=O) groups excluding carboxylic acids is 2. The number of rotatable bonds is 8. The molecule has 0 aromatic heterocycles. The molecular formula is C31H31NO6. The van der Waals surface area contributed by atoms with Crippen molar-refractivity contribution in [2.75, 3.05) is 27.4 Å². The van der Waals surface area contributed by atoms with Crippen LogP contribution in [0.1, 0.15) is 41.1 Å². The number of ether oxygens (including phenoxy) is 3. The van der Waals surface area contributed by atoms with Gasteiger partial charge in [-0.3, -0.25) is 9.59 Å². The van der Waals surface area contributed by atoms with Crippen LogP contribution < -0.4 is 14.2 Å². The first kappa shape index (κ1) is 25.4. The van der Waals surface area contributed by atoms with Crippen LogP contribution in [0.2, 0.25) is 0 Å². The molecule has 0 radical (unpaired) electrons. The number of aliphatic hydroxyl groups excluding tert-OH is 1. The quantitative estimate of drug-likeness (QED) is 0.257. The van der Waals surface area contributed by atoms with Crippen LogP contribution in [0.25, 0.3) is 5.76 Å². The van der Waals surface area contributed by atoms with Gasteiger partial charge in [0.1, 0.15) is 29.6 Å². The normalized spacial score (nSPS) is 18.3. The Labute approximate surface area is 222 Å². The number of aliphatic hydroxyl groups is 1. The second kappa shape index (κ2) is 11.0. The minimum absolute atomic E-state index is 0.0837. The summed E-state index contributed by atoms with van der Waals surface area (Å²) >= 11 is 0. The van der Waals surface area contributed by atoms with Crippen LogP contribution in [0.5, 0.6) is 17.2 Å². The number of carbonyl (C=O) groups is 2.